The zero-order chi connectivity index (χ0) is 16.8. The highest BCUT2D eigenvalue weighted by atomic mass is 32.2. The molecule has 1 atom stereocenters. The lowest BCUT2D eigenvalue weighted by atomic mass is 10.1. The number of allylic oxidation sites excluding steroid dienone is 1. The van der Waals surface area contributed by atoms with Crippen molar-refractivity contribution in [3.63, 3.8) is 0 Å². The van der Waals surface area contributed by atoms with Crippen molar-refractivity contribution in [1.29, 1.82) is 0 Å². The minimum absolute atomic E-state index is 0.0889. The molecule has 0 N–H and O–H groups in total. The monoisotopic (exact) mass is 331 g/mol. The predicted molar refractivity (Wildman–Crippen MR) is 92.2 cm³/mol. The summed E-state index contributed by atoms with van der Waals surface area (Å²) in [5, 5.41) is 8.82. The topological polar surface area (TPSA) is 57.0 Å². The number of hydrogen-bond donors (Lipinski definition) is 0. The molecule has 0 saturated heterocycles. The van der Waals surface area contributed by atoms with Crippen LogP contribution in [0.5, 0.6) is 5.75 Å². The molecule has 0 fully saturated rings. The maximum atomic E-state index is 12.7. The van der Waals surface area contributed by atoms with Gasteiger partial charge in [0.2, 0.25) is 0 Å². The average molecular weight is 331 g/mol. The fourth-order valence-corrected chi connectivity index (χ4v) is 3.26. The normalized spacial score (nSPS) is 12.0. The molecule has 2 aromatic rings. The first-order chi connectivity index (χ1) is 11.1. The summed E-state index contributed by atoms with van der Waals surface area (Å²) >= 11 is 1.45. The van der Waals surface area contributed by atoms with Crippen molar-refractivity contribution in [3.8, 4) is 5.75 Å². The lowest BCUT2D eigenvalue weighted by Gasteiger charge is -2.14. The minimum atomic E-state index is -0.199. The Bertz CT molecular complexity index is 680. The first-order valence-electron chi connectivity index (χ1n) is 7.46. The van der Waals surface area contributed by atoms with E-state index in [9.17, 15) is 4.79 Å². The summed E-state index contributed by atoms with van der Waals surface area (Å²) in [6.45, 7) is 8.28. The molecule has 122 valence electrons. The van der Waals surface area contributed by atoms with Crippen molar-refractivity contribution in [1.82, 2.24) is 14.8 Å². The molecule has 5 nitrogen and oxygen atoms in total. The summed E-state index contributed by atoms with van der Waals surface area (Å²) in [5.41, 5.74) is 0.677. The van der Waals surface area contributed by atoms with Crippen molar-refractivity contribution >= 4 is 17.5 Å². The fraction of sp³-hybridized carbons (Fsp3) is 0.353. The van der Waals surface area contributed by atoms with Crippen molar-refractivity contribution in [2.24, 2.45) is 0 Å². The molecule has 6 heteroatoms. The number of aryl methyl sites for hydroxylation is 1. The molecule has 0 spiro atoms. The summed E-state index contributed by atoms with van der Waals surface area (Å²) in [6.07, 6.45) is 2.52. The fourth-order valence-electron chi connectivity index (χ4n) is 2.18. The Hall–Kier alpha value is -2.08. The lowest BCUT2D eigenvalue weighted by Crippen LogP contribution is -2.17. The number of ketones is 1. The van der Waals surface area contributed by atoms with Gasteiger partial charge < -0.3 is 9.30 Å². The van der Waals surface area contributed by atoms with Crippen LogP contribution in [-0.2, 0) is 6.54 Å². The van der Waals surface area contributed by atoms with Crippen LogP contribution in [-0.4, -0.2) is 32.9 Å². The van der Waals surface area contributed by atoms with E-state index in [4.69, 9.17) is 4.74 Å². The number of carbonyl (C=O) groups is 1. The first-order valence-corrected chi connectivity index (χ1v) is 8.34. The molecule has 1 aromatic carbocycles. The number of nitrogens with zero attached hydrogens (tertiary/aromatic N) is 3. The number of thioether (sulfide) groups is 1. The number of ether oxygens (including phenoxy) is 1. The van der Waals surface area contributed by atoms with Gasteiger partial charge in [0.05, 0.1) is 12.4 Å². The first kappa shape index (κ1) is 17.3. The van der Waals surface area contributed by atoms with Crippen molar-refractivity contribution in [2.75, 3.05) is 7.11 Å². The molecule has 0 radical (unpaired) electrons. The van der Waals surface area contributed by atoms with Gasteiger partial charge in [-0.3, -0.25) is 4.79 Å². The van der Waals surface area contributed by atoms with Gasteiger partial charge in [0.25, 0.3) is 0 Å². The van der Waals surface area contributed by atoms with Gasteiger partial charge in [-0.05, 0) is 37.6 Å². The predicted octanol–water partition coefficient (Wildman–Crippen LogP) is 3.53. The van der Waals surface area contributed by atoms with Crippen LogP contribution < -0.4 is 4.74 Å². The van der Waals surface area contributed by atoms with E-state index >= 15 is 0 Å². The number of Topliss-reactive ketones (excluding diaryl/α,β-unsaturated/α-hetero) is 1. The summed E-state index contributed by atoms with van der Waals surface area (Å²) in [6, 6.07) is 7.19. The number of rotatable bonds is 8. The van der Waals surface area contributed by atoms with E-state index in [-0.39, 0.29) is 11.0 Å². The molecular formula is C17H21N3O2S. The Balaban J connectivity index is 2.18. The molecule has 1 heterocycles. The number of hydrogen-bond acceptors (Lipinski definition) is 5. The lowest BCUT2D eigenvalue weighted by molar-refractivity contribution is 0.0988. The van der Waals surface area contributed by atoms with Gasteiger partial charge >= 0.3 is 0 Å². The summed E-state index contributed by atoms with van der Waals surface area (Å²) in [5.74, 6) is 1.65. The molecule has 23 heavy (non-hydrogen) atoms. The zero-order valence-corrected chi connectivity index (χ0v) is 14.5. The van der Waals surface area contributed by atoms with Crippen LogP contribution >= 0.6 is 11.8 Å². The smallest absolute Gasteiger partial charge is 0.192 e. The van der Waals surface area contributed by atoms with Gasteiger partial charge in [0.1, 0.15) is 11.6 Å². The molecule has 2 rings (SSSR count). The SMILES string of the molecule is C=CCn1c(C)nnc1S[C@@H](CC)C(=O)c1ccc(OC)cc1. The number of aromatic nitrogens is 3. The van der Waals surface area contributed by atoms with Crippen molar-refractivity contribution in [3.05, 3.63) is 48.3 Å². The second-order valence-corrected chi connectivity index (χ2v) is 6.21. The van der Waals surface area contributed by atoms with Crippen molar-refractivity contribution in [2.45, 2.75) is 37.2 Å². The second-order valence-electron chi connectivity index (χ2n) is 5.04. The van der Waals surface area contributed by atoms with Crippen LogP contribution in [0.3, 0.4) is 0 Å². The Kier molecular flexibility index (Phi) is 5.98. The molecule has 0 aliphatic heterocycles. The van der Waals surface area contributed by atoms with Gasteiger partial charge in [0.15, 0.2) is 10.9 Å². The second kappa shape index (κ2) is 7.97. The summed E-state index contributed by atoms with van der Waals surface area (Å²) in [4.78, 5) is 12.7. The van der Waals surface area contributed by atoms with E-state index < -0.39 is 0 Å². The largest absolute Gasteiger partial charge is 0.497 e. The van der Waals surface area contributed by atoms with Gasteiger partial charge in [0, 0.05) is 12.1 Å². The van der Waals surface area contributed by atoms with E-state index in [0.717, 1.165) is 23.2 Å². The maximum absolute atomic E-state index is 12.7. The van der Waals surface area contributed by atoms with Crippen LogP contribution in [0.1, 0.15) is 29.5 Å². The Morgan fingerprint density at radius 2 is 2.09 bits per heavy atom. The highest BCUT2D eigenvalue weighted by molar-refractivity contribution is 8.00. The Morgan fingerprint density at radius 1 is 1.39 bits per heavy atom. The zero-order valence-electron chi connectivity index (χ0n) is 13.7. The number of carbonyl (C=O) groups excluding carboxylic acids is 1. The van der Waals surface area contributed by atoms with Crippen LogP contribution in [0.2, 0.25) is 0 Å². The molecule has 0 aliphatic rings. The summed E-state index contributed by atoms with van der Waals surface area (Å²) in [7, 11) is 1.61. The third-order valence-corrected chi connectivity index (χ3v) is 4.84. The standard InChI is InChI=1S/C17H21N3O2S/c1-5-11-20-12(3)18-19-17(20)23-15(6-2)16(21)13-7-9-14(22-4)10-8-13/h5,7-10,15H,1,6,11H2,2-4H3/t15-/m0/s1. The summed E-state index contributed by atoms with van der Waals surface area (Å²) < 4.78 is 7.09. The molecule has 0 amide bonds. The number of benzene rings is 1. The van der Waals surface area contributed by atoms with Crippen LogP contribution in [0.15, 0.2) is 42.1 Å². The van der Waals surface area contributed by atoms with Gasteiger partial charge in [-0.1, -0.05) is 24.8 Å². The van der Waals surface area contributed by atoms with Crippen LogP contribution in [0, 0.1) is 6.92 Å². The average Bonchev–Trinajstić information content (AvgIpc) is 2.92. The van der Waals surface area contributed by atoms with Gasteiger partial charge in [-0.15, -0.1) is 16.8 Å². The van der Waals surface area contributed by atoms with Crippen molar-refractivity contribution < 1.29 is 9.53 Å². The Morgan fingerprint density at radius 3 is 2.65 bits per heavy atom. The van der Waals surface area contributed by atoms with Crippen LogP contribution in [0.25, 0.3) is 0 Å². The van der Waals surface area contributed by atoms with E-state index in [1.807, 2.05) is 18.4 Å². The van der Waals surface area contributed by atoms with Crippen LogP contribution in [0.4, 0.5) is 0 Å². The molecule has 0 unspecified atom stereocenters. The molecule has 0 bridgehead atoms. The van der Waals surface area contributed by atoms with Gasteiger partial charge in [-0.25, -0.2) is 0 Å². The third kappa shape index (κ3) is 4.01. The minimum Gasteiger partial charge on any atom is -0.497 e. The molecular weight excluding hydrogens is 310 g/mol. The Labute approximate surface area is 140 Å². The number of methoxy groups -OCH3 is 1. The van der Waals surface area contributed by atoms with Gasteiger partial charge in [-0.2, -0.15) is 0 Å². The van der Waals surface area contributed by atoms with E-state index in [2.05, 4.69) is 16.8 Å². The van der Waals surface area contributed by atoms with E-state index in [1.54, 1.807) is 37.5 Å². The highest BCUT2D eigenvalue weighted by Gasteiger charge is 2.22. The third-order valence-electron chi connectivity index (χ3n) is 3.50. The molecule has 0 saturated carbocycles. The molecule has 0 aliphatic carbocycles. The maximum Gasteiger partial charge on any atom is 0.192 e. The highest BCUT2D eigenvalue weighted by Crippen LogP contribution is 2.27. The molecule has 1 aromatic heterocycles. The quantitative estimate of drug-likeness (QED) is 0.421. The van der Waals surface area contributed by atoms with E-state index in [0.29, 0.717) is 12.1 Å². The van der Waals surface area contributed by atoms with E-state index in [1.165, 1.54) is 11.8 Å².